The number of aliphatic hydroxyl groups is 1. The molecule has 1 aromatic carbocycles. The van der Waals surface area contributed by atoms with Crippen molar-refractivity contribution in [1.82, 2.24) is 4.98 Å². The van der Waals surface area contributed by atoms with Gasteiger partial charge in [-0.05, 0) is 50.2 Å². The fourth-order valence-electron chi connectivity index (χ4n) is 4.67. The van der Waals surface area contributed by atoms with Crippen molar-refractivity contribution in [2.45, 2.75) is 75.7 Å². The summed E-state index contributed by atoms with van der Waals surface area (Å²) in [5, 5.41) is 13.4. The predicted octanol–water partition coefficient (Wildman–Crippen LogP) is 5.01. The average molecular weight is 423 g/mol. The SMILES string of the molecule is NC(=O)C(CC1CCCC1)c1nc(-c2ccc(C#CC3(O)CCCCC3)cc2)cs1. The summed E-state index contributed by atoms with van der Waals surface area (Å²) in [7, 11) is 0. The minimum Gasteiger partial charge on any atom is -0.378 e. The molecule has 1 atom stereocenters. The zero-order valence-electron chi connectivity index (χ0n) is 17.4. The van der Waals surface area contributed by atoms with Crippen molar-refractivity contribution in [3.8, 4) is 23.1 Å². The van der Waals surface area contributed by atoms with E-state index in [2.05, 4.69) is 11.8 Å². The molecule has 2 fully saturated rings. The highest BCUT2D eigenvalue weighted by Gasteiger charge is 2.28. The van der Waals surface area contributed by atoms with Gasteiger partial charge in [0.15, 0.2) is 0 Å². The molecule has 1 aromatic heterocycles. The van der Waals surface area contributed by atoms with E-state index in [4.69, 9.17) is 10.7 Å². The quantitative estimate of drug-likeness (QED) is 0.665. The normalized spacial score (nSPS) is 19.8. The standard InChI is InChI=1S/C25H30N2O2S/c26-23(28)21(16-19-6-2-3-7-19)24-27-22(17-30-24)20-10-8-18(9-11-20)12-15-25(29)13-4-1-5-14-25/h8-11,17,19,21,29H,1-7,13-14,16H2,(H2,26,28). The van der Waals surface area contributed by atoms with Gasteiger partial charge in [0, 0.05) is 16.5 Å². The monoisotopic (exact) mass is 422 g/mol. The first-order valence-electron chi connectivity index (χ1n) is 11.1. The minimum atomic E-state index is -0.830. The fraction of sp³-hybridized carbons (Fsp3) is 0.520. The number of hydrogen-bond donors (Lipinski definition) is 2. The fourth-order valence-corrected chi connectivity index (χ4v) is 5.62. The summed E-state index contributed by atoms with van der Waals surface area (Å²) in [6.45, 7) is 0. The minimum absolute atomic E-state index is 0.269. The number of amides is 1. The van der Waals surface area contributed by atoms with E-state index < -0.39 is 5.60 Å². The molecule has 2 aromatic rings. The Balaban J connectivity index is 1.46. The molecule has 30 heavy (non-hydrogen) atoms. The Labute approximate surface area is 182 Å². The Hall–Kier alpha value is -2.16. The molecule has 3 N–H and O–H groups in total. The molecular formula is C25H30N2O2S. The van der Waals surface area contributed by atoms with Gasteiger partial charge in [0.05, 0.1) is 11.6 Å². The Morgan fingerprint density at radius 1 is 1.17 bits per heavy atom. The molecule has 5 heteroatoms. The van der Waals surface area contributed by atoms with Crippen molar-refractivity contribution in [3.05, 3.63) is 40.2 Å². The lowest BCUT2D eigenvalue weighted by molar-refractivity contribution is -0.119. The van der Waals surface area contributed by atoms with Gasteiger partial charge < -0.3 is 10.8 Å². The summed E-state index contributed by atoms with van der Waals surface area (Å²) in [6, 6.07) is 7.95. The maximum Gasteiger partial charge on any atom is 0.227 e. The number of carbonyl (C=O) groups is 1. The molecule has 4 nitrogen and oxygen atoms in total. The van der Waals surface area contributed by atoms with Crippen molar-refractivity contribution in [2.75, 3.05) is 0 Å². The number of nitrogens with zero attached hydrogens (tertiary/aromatic N) is 1. The first-order valence-corrected chi connectivity index (χ1v) is 12.0. The van der Waals surface area contributed by atoms with Crippen molar-refractivity contribution in [3.63, 3.8) is 0 Å². The zero-order valence-corrected chi connectivity index (χ0v) is 18.2. The highest BCUT2D eigenvalue weighted by atomic mass is 32.1. The van der Waals surface area contributed by atoms with E-state index in [0.29, 0.717) is 5.92 Å². The Morgan fingerprint density at radius 3 is 2.53 bits per heavy atom. The van der Waals surface area contributed by atoms with Crippen LogP contribution in [0.25, 0.3) is 11.3 Å². The maximum atomic E-state index is 12.1. The van der Waals surface area contributed by atoms with Crippen LogP contribution in [0, 0.1) is 17.8 Å². The molecule has 1 heterocycles. The van der Waals surface area contributed by atoms with Gasteiger partial charge in [-0.3, -0.25) is 4.79 Å². The van der Waals surface area contributed by atoms with Crippen molar-refractivity contribution >= 4 is 17.2 Å². The highest BCUT2D eigenvalue weighted by molar-refractivity contribution is 7.10. The van der Waals surface area contributed by atoms with Crippen LogP contribution in [-0.4, -0.2) is 21.6 Å². The smallest absolute Gasteiger partial charge is 0.227 e. The van der Waals surface area contributed by atoms with Crippen molar-refractivity contribution < 1.29 is 9.90 Å². The van der Waals surface area contributed by atoms with Gasteiger partial charge in [0.1, 0.15) is 10.6 Å². The van der Waals surface area contributed by atoms with Crippen LogP contribution < -0.4 is 5.73 Å². The average Bonchev–Trinajstić information content (AvgIpc) is 3.43. The summed E-state index contributed by atoms with van der Waals surface area (Å²) in [6.07, 6.45) is 10.5. The van der Waals surface area contributed by atoms with Crippen molar-refractivity contribution in [2.24, 2.45) is 11.7 Å². The molecule has 2 saturated carbocycles. The van der Waals surface area contributed by atoms with Gasteiger partial charge >= 0.3 is 0 Å². The number of rotatable bonds is 5. The van der Waals surface area contributed by atoms with E-state index >= 15 is 0 Å². The third-order valence-corrected chi connectivity index (χ3v) is 7.47. The van der Waals surface area contributed by atoms with E-state index in [-0.39, 0.29) is 11.8 Å². The molecule has 0 saturated heterocycles. The number of benzene rings is 1. The predicted molar refractivity (Wildman–Crippen MR) is 121 cm³/mol. The molecule has 2 aliphatic rings. The molecule has 0 spiro atoms. The Kier molecular flexibility index (Phi) is 6.55. The first kappa shape index (κ1) is 21.1. The molecular weight excluding hydrogens is 392 g/mol. The lowest BCUT2D eigenvalue weighted by atomic mass is 9.85. The van der Waals surface area contributed by atoms with Crippen LogP contribution in [0.2, 0.25) is 0 Å². The lowest BCUT2D eigenvalue weighted by Crippen LogP contribution is -2.29. The second-order valence-corrected chi connectivity index (χ2v) is 9.72. The number of carbonyl (C=O) groups excluding carboxylic acids is 1. The van der Waals surface area contributed by atoms with E-state index in [1.807, 2.05) is 29.6 Å². The van der Waals surface area contributed by atoms with E-state index in [9.17, 15) is 9.90 Å². The van der Waals surface area contributed by atoms with Crippen LogP contribution in [0.1, 0.15) is 80.7 Å². The van der Waals surface area contributed by atoms with Gasteiger partial charge in [-0.25, -0.2) is 4.98 Å². The maximum absolute atomic E-state index is 12.1. The van der Waals surface area contributed by atoms with Gasteiger partial charge in [0.2, 0.25) is 5.91 Å². The first-order chi connectivity index (χ1) is 14.5. The van der Waals surface area contributed by atoms with Crippen LogP contribution in [0.3, 0.4) is 0 Å². The summed E-state index contributed by atoms with van der Waals surface area (Å²) in [4.78, 5) is 16.8. The third-order valence-electron chi connectivity index (χ3n) is 6.51. The van der Waals surface area contributed by atoms with E-state index in [1.165, 1.54) is 43.4 Å². The van der Waals surface area contributed by atoms with Crippen LogP contribution in [0.15, 0.2) is 29.6 Å². The molecule has 0 bridgehead atoms. The zero-order chi connectivity index (χ0) is 21.0. The lowest BCUT2D eigenvalue weighted by Gasteiger charge is -2.26. The highest BCUT2D eigenvalue weighted by Crippen LogP contribution is 2.36. The third kappa shape index (κ3) is 5.11. The number of nitrogens with two attached hydrogens (primary N) is 1. The van der Waals surface area contributed by atoms with E-state index in [0.717, 1.165) is 53.9 Å². The van der Waals surface area contributed by atoms with Crippen molar-refractivity contribution in [1.29, 1.82) is 0 Å². The van der Waals surface area contributed by atoms with Crippen LogP contribution >= 0.6 is 11.3 Å². The molecule has 1 amide bonds. The van der Waals surface area contributed by atoms with Crippen LogP contribution in [0.5, 0.6) is 0 Å². The molecule has 4 rings (SSSR count). The number of hydrogen-bond acceptors (Lipinski definition) is 4. The van der Waals surface area contributed by atoms with Crippen LogP contribution in [-0.2, 0) is 4.79 Å². The molecule has 0 radical (unpaired) electrons. The second-order valence-electron chi connectivity index (χ2n) is 8.83. The number of primary amides is 1. The Bertz CT molecular complexity index is 926. The largest absolute Gasteiger partial charge is 0.378 e. The molecule has 1 unspecified atom stereocenters. The molecule has 2 aliphatic carbocycles. The van der Waals surface area contributed by atoms with Gasteiger partial charge in [-0.15, -0.1) is 11.3 Å². The molecule has 0 aliphatic heterocycles. The van der Waals surface area contributed by atoms with Gasteiger partial charge in [-0.1, -0.05) is 56.1 Å². The summed E-state index contributed by atoms with van der Waals surface area (Å²) < 4.78 is 0. The molecule has 158 valence electrons. The summed E-state index contributed by atoms with van der Waals surface area (Å²) in [5.74, 6) is 6.25. The number of thiazole rings is 1. The second kappa shape index (κ2) is 9.32. The van der Waals surface area contributed by atoms with Gasteiger partial charge in [0.25, 0.3) is 0 Å². The number of aromatic nitrogens is 1. The summed E-state index contributed by atoms with van der Waals surface area (Å²) >= 11 is 1.52. The van der Waals surface area contributed by atoms with Crippen LogP contribution in [0.4, 0.5) is 0 Å². The topological polar surface area (TPSA) is 76.2 Å². The van der Waals surface area contributed by atoms with Gasteiger partial charge in [-0.2, -0.15) is 0 Å². The summed E-state index contributed by atoms with van der Waals surface area (Å²) in [5.41, 5.74) is 7.65. The van der Waals surface area contributed by atoms with E-state index in [1.54, 1.807) is 0 Å². The Morgan fingerprint density at radius 2 is 1.87 bits per heavy atom.